The Balaban J connectivity index is 3.17. The summed E-state index contributed by atoms with van der Waals surface area (Å²) in [5.41, 5.74) is 5.45. The first kappa shape index (κ1) is 11.7. The Hall–Kier alpha value is -1.39. The van der Waals surface area contributed by atoms with E-state index in [1.807, 2.05) is 25.1 Å². The Kier molecular flexibility index (Phi) is 4.27. The zero-order valence-electron chi connectivity index (χ0n) is 9.24. The number of aliphatic hydroxyl groups is 1. The minimum absolute atomic E-state index is 0.00752. The van der Waals surface area contributed by atoms with E-state index in [2.05, 4.69) is 10.5 Å². The molecule has 0 unspecified atom stereocenters. The largest absolute Gasteiger partial charge is 0.392 e. The number of hydrogen-bond acceptors (Lipinski definition) is 3. The van der Waals surface area contributed by atoms with Gasteiger partial charge in [0, 0.05) is 12.6 Å². The quantitative estimate of drug-likeness (QED) is 0.443. The van der Waals surface area contributed by atoms with E-state index in [0.717, 1.165) is 16.7 Å². The fraction of sp³-hybridized carbons (Fsp3) is 0.364. The highest BCUT2D eigenvalue weighted by Crippen LogP contribution is 2.14. The van der Waals surface area contributed by atoms with Gasteiger partial charge in [-0.15, -0.1) is 0 Å². The molecule has 15 heavy (non-hydrogen) atoms. The van der Waals surface area contributed by atoms with E-state index >= 15 is 0 Å². The molecule has 1 rings (SSSR count). The van der Waals surface area contributed by atoms with Gasteiger partial charge in [-0.2, -0.15) is 0 Å². The predicted molar refractivity (Wildman–Crippen MR) is 59.7 cm³/mol. The average Bonchev–Trinajstić information content (AvgIpc) is 2.25. The first-order valence-corrected chi connectivity index (χ1v) is 4.70. The highest BCUT2D eigenvalue weighted by Gasteiger charge is 2.09. The predicted octanol–water partition coefficient (Wildman–Crippen LogP) is 1.01. The number of nitrogens with one attached hydrogen (secondary N) is 1. The lowest BCUT2D eigenvalue weighted by Gasteiger charge is -2.12. The summed E-state index contributed by atoms with van der Waals surface area (Å²) in [7, 11) is 3.20. The normalized spacial score (nSPS) is 11.6. The Morgan fingerprint density at radius 3 is 2.80 bits per heavy atom. The van der Waals surface area contributed by atoms with Crippen molar-refractivity contribution in [3.63, 3.8) is 0 Å². The third-order valence-corrected chi connectivity index (χ3v) is 2.25. The molecule has 0 aromatic heterocycles. The van der Waals surface area contributed by atoms with Gasteiger partial charge in [-0.3, -0.25) is 9.83 Å². The molecule has 0 radical (unpaired) electrons. The summed E-state index contributed by atoms with van der Waals surface area (Å²) >= 11 is 0. The van der Waals surface area contributed by atoms with Crippen molar-refractivity contribution in [1.29, 1.82) is 0 Å². The summed E-state index contributed by atoms with van der Waals surface area (Å²) in [4.78, 5) is 8.89. The minimum atomic E-state index is -0.00752. The molecule has 0 aliphatic carbocycles. The molecule has 4 heteroatoms. The van der Waals surface area contributed by atoms with Gasteiger partial charge in [-0.25, -0.2) is 5.48 Å². The number of aliphatic hydroxyl groups excluding tert-OH is 1. The van der Waals surface area contributed by atoms with E-state index in [-0.39, 0.29) is 6.61 Å². The second kappa shape index (κ2) is 5.48. The Morgan fingerprint density at radius 1 is 1.53 bits per heavy atom. The molecule has 0 spiro atoms. The number of aryl methyl sites for hydroxylation is 1. The molecule has 0 saturated heterocycles. The van der Waals surface area contributed by atoms with Crippen LogP contribution in [-0.2, 0) is 11.4 Å². The highest BCUT2D eigenvalue weighted by molar-refractivity contribution is 5.99. The van der Waals surface area contributed by atoms with E-state index in [1.165, 1.54) is 7.11 Å². The maximum atomic E-state index is 9.29. The molecular weight excluding hydrogens is 192 g/mol. The minimum Gasteiger partial charge on any atom is -0.392 e. The average molecular weight is 208 g/mol. The summed E-state index contributed by atoms with van der Waals surface area (Å²) in [5.74, 6) is 0.616. The van der Waals surface area contributed by atoms with E-state index in [1.54, 1.807) is 7.05 Å². The van der Waals surface area contributed by atoms with E-state index in [0.29, 0.717) is 5.84 Å². The molecule has 0 aliphatic heterocycles. The van der Waals surface area contributed by atoms with Gasteiger partial charge in [0.1, 0.15) is 0 Å². The van der Waals surface area contributed by atoms with Gasteiger partial charge in [0.2, 0.25) is 0 Å². The van der Waals surface area contributed by atoms with Crippen LogP contribution in [-0.4, -0.2) is 25.1 Å². The van der Waals surface area contributed by atoms with Crippen molar-refractivity contribution in [2.75, 3.05) is 14.2 Å². The number of aliphatic imine (C=N–C) groups is 1. The summed E-state index contributed by atoms with van der Waals surface area (Å²) in [6.45, 7) is 1.95. The van der Waals surface area contributed by atoms with Gasteiger partial charge in [-0.05, 0) is 18.1 Å². The second-order valence-electron chi connectivity index (χ2n) is 3.14. The molecule has 0 aliphatic rings. The van der Waals surface area contributed by atoms with E-state index in [4.69, 9.17) is 4.84 Å². The fourth-order valence-corrected chi connectivity index (χ4v) is 1.45. The molecule has 1 aromatic carbocycles. The standard InChI is InChI=1S/C11H16N2O2/c1-8-5-4-6-9(10(8)7-14)11(12-2)13-15-3/h4-6,14H,7H2,1-3H3,(H,12,13). The van der Waals surface area contributed by atoms with Crippen molar-refractivity contribution in [2.45, 2.75) is 13.5 Å². The molecule has 0 bridgehead atoms. The summed E-state index contributed by atoms with van der Waals surface area (Å²) in [6.07, 6.45) is 0. The van der Waals surface area contributed by atoms with Crippen molar-refractivity contribution in [3.8, 4) is 0 Å². The smallest absolute Gasteiger partial charge is 0.152 e. The van der Waals surface area contributed by atoms with Crippen molar-refractivity contribution in [3.05, 3.63) is 34.9 Å². The topological polar surface area (TPSA) is 53.9 Å². The van der Waals surface area contributed by atoms with E-state index < -0.39 is 0 Å². The zero-order chi connectivity index (χ0) is 11.3. The van der Waals surface area contributed by atoms with Crippen LogP contribution in [0.2, 0.25) is 0 Å². The number of hydroxylamine groups is 1. The van der Waals surface area contributed by atoms with Gasteiger partial charge in [0.25, 0.3) is 0 Å². The lowest BCUT2D eigenvalue weighted by atomic mass is 10.0. The molecule has 2 N–H and O–H groups in total. The van der Waals surface area contributed by atoms with Crippen molar-refractivity contribution < 1.29 is 9.94 Å². The molecule has 0 heterocycles. The Labute approximate surface area is 89.6 Å². The van der Waals surface area contributed by atoms with Crippen LogP contribution < -0.4 is 5.48 Å². The SMILES string of the molecule is CN=C(NOC)c1cccc(C)c1CO. The van der Waals surface area contributed by atoms with Crippen LogP contribution in [0.15, 0.2) is 23.2 Å². The third kappa shape index (κ3) is 2.55. The van der Waals surface area contributed by atoms with Crippen LogP contribution >= 0.6 is 0 Å². The summed E-state index contributed by atoms with van der Waals surface area (Å²) in [6, 6.07) is 5.77. The van der Waals surface area contributed by atoms with Gasteiger partial charge in [-0.1, -0.05) is 18.2 Å². The molecule has 4 nitrogen and oxygen atoms in total. The van der Waals surface area contributed by atoms with E-state index in [9.17, 15) is 5.11 Å². The van der Waals surface area contributed by atoms with Gasteiger partial charge < -0.3 is 5.11 Å². The number of nitrogens with zero attached hydrogens (tertiary/aromatic N) is 1. The van der Waals surface area contributed by atoms with Crippen LogP contribution in [0.4, 0.5) is 0 Å². The monoisotopic (exact) mass is 208 g/mol. The first-order chi connectivity index (χ1) is 7.24. The molecule has 0 amide bonds. The second-order valence-corrected chi connectivity index (χ2v) is 3.14. The van der Waals surface area contributed by atoms with Crippen LogP contribution in [0.5, 0.6) is 0 Å². The van der Waals surface area contributed by atoms with Gasteiger partial charge in [0.05, 0.1) is 13.7 Å². The van der Waals surface area contributed by atoms with Crippen molar-refractivity contribution >= 4 is 5.84 Å². The van der Waals surface area contributed by atoms with Gasteiger partial charge in [0.15, 0.2) is 5.84 Å². The first-order valence-electron chi connectivity index (χ1n) is 4.70. The number of benzene rings is 1. The molecule has 0 fully saturated rings. The lowest BCUT2D eigenvalue weighted by Crippen LogP contribution is -2.24. The third-order valence-electron chi connectivity index (χ3n) is 2.25. The van der Waals surface area contributed by atoms with Crippen LogP contribution in [0.25, 0.3) is 0 Å². The number of hydrogen-bond donors (Lipinski definition) is 2. The molecule has 0 saturated carbocycles. The summed E-state index contributed by atoms with van der Waals surface area (Å²) in [5, 5.41) is 9.29. The van der Waals surface area contributed by atoms with Crippen LogP contribution in [0.3, 0.4) is 0 Å². The lowest BCUT2D eigenvalue weighted by molar-refractivity contribution is 0.144. The summed E-state index contributed by atoms with van der Waals surface area (Å²) < 4.78 is 0. The fourth-order valence-electron chi connectivity index (χ4n) is 1.45. The maximum absolute atomic E-state index is 9.29. The molecule has 0 atom stereocenters. The Morgan fingerprint density at radius 2 is 2.27 bits per heavy atom. The highest BCUT2D eigenvalue weighted by atomic mass is 16.6. The molecule has 1 aromatic rings. The zero-order valence-corrected chi connectivity index (χ0v) is 9.24. The maximum Gasteiger partial charge on any atom is 0.152 e. The molecular formula is C11H16N2O2. The van der Waals surface area contributed by atoms with Crippen LogP contribution in [0, 0.1) is 6.92 Å². The van der Waals surface area contributed by atoms with Crippen molar-refractivity contribution in [1.82, 2.24) is 5.48 Å². The van der Waals surface area contributed by atoms with Gasteiger partial charge >= 0.3 is 0 Å². The molecule has 82 valence electrons. The van der Waals surface area contributed by atoms with Crippen molar-refractivity contribution in [2.24, 2.45) is 4.99 Å². The number of rotatable bonds is 3. The van der Waals surface area contributed by atoms with Crippen LogP contribution in [0.1, 0.15) is 16.7 Å². The Bertz CT molecular complexity index is 362. The number of amidine groups is 1.